The molecule has 11 heavy (non-hydrogen) atoms. The first-order valence-electron chi connectivity index (χ1n) is 2.91. The lowest BCUT2D eigenvalue weighted by Gasteiger charge is -2.04. The van der Waals surface area contributed by atoms with Crippen LogP contribution in [0.4, 0.5) is 4.20 Å². The molecule has 1 unspecified atom stereocenters. The van der Waals surface area contributed by atoms with Crippen molar-refractivity contribution in [2.75, 3.05) is 0 Å². The SMILES string of the molecule is NP(=O)(F)Oc1ccccc1. The molecule has 60 valence electrons. The zero-order valence-electron chi connectivity index (χ0n) is 5.61. The highest BCUT2D eigenvalue weighted by atomic mass is 31.2. The zero-order chi connectivity index (χ0) is 8.32. The summed E-state index contributed by atoms with van der Waals surface area (Å²) in [6, 6.07) is 7.93. The molecule has 0 aliphatic rings. The molecule has 0 saturated heterocycles. The Morgan fingerprint density at radius 1 is 1.36 bits per heavy atom. The summed E-state index contributed by atoms with van der Waals surface area (Å²) in [4.78, 5) is 0. The van der Waals surface area contributed by atoms with Crippen LogP contribution >= 0.6 is 7.83 Å². The summed E-state index contributed by atoms with van der Waals surface area (Å²) in [5.74, 6) is 0.167. The number of hydrogen-bond donors (Lipinski definition) is 1. The van der Waals surface area contributed by atoms with E-state index in [0.717, 1.165) is 0 Å². The lowest BCUT2D eigenvalue weighted by Crippen LogP contribution is -1.95. The molecule has 1 rings (SSSR count). The van der Waals surface area contributed by atoms with E-state index >= 15 is 0 Å². The van der Waals surface area contributed by atoms with Crippen molar-refractivity contribution in [2.24, 2.45) is 5.50 Å². The van der Waals surface area contributed by atoms with E-state index < -0.39 is 7.83 Å². The molecule has 0 saturated carbocycles. The summed E-state index contributed by atoms with van der Waals surface area (Å²) in [5, 5.41) is 0. The van der Waals surface area contributed by atoms with Crippen molar-refractivity contribution in [3.8, 4) is 5.75 Å². The van der Waals surface area contributed by atoms with E-state index in [-0.39, 0.29) is 5.75 Å². The Morgan fingerprint density at radius 3 is 2.36 bits per heavy atom. The maximum absolute atomic E-state index is 12.2. The Hall–Kier alpha value is -0.860. The fourth-order valence-corrected chi connectivity index (χ4v) is 1.03. The summed E-state index contributed by atoms with van der Waals surface area (Å²) in [6.45, 7) is 0. The van der Waals surface area contributed by atoms with E-state index in [9.17, 15) is 8.76 Å². The molecule has 1 aromatic rings. The highest BCUT2D eigenvalue weighted by Crippen LogP contribution is 2.39. The lowest BCUT2D eigenvalue weighted by molar-refractivity contribution is 0.436. The Morgan fingerprint density at radius 2 is 1.91 bits per heavy atom. The number of hydrogen-bond acceptors (Lipinski definition) is 2. The van der Waals surface area contributed by atoms with Crippen molar-refractivity contribution in [2.45, 2.75) is 0 Å². The predicted molar refractivity (Wildman–Crippen MR) is 40.0 cm³/mol. The molecule has 3 nitrogen and oxygen atoms in total. The van der Waals surface area contributed by atoms with Gasteiger partial charge in [-0.25, -0.2) is 10.1 Å². The second-order valence-corrected chi connectivity index (χ2v) is 3.15. The summed E-state index contributed by atoms with van der Waals surface area (Å²) < 4.78 is 26.7. The second kappa shape index (κ2) is 3.03. The molecule has 2 N–H and O–H groups in total. The van der Waals surface area contributed by atoms with Gasteiger partial charge in [-0.05, 0) is 12.1 Å². The maximum atomic E-state index is 12.2. The quantitative estimate of drug-likeness (QED) is 0.700. The average Bonchev–Trinajstić information content (AvgIpc) is 1.85. The van der Waals surface area contributed by atoms with Crippen LogP contribution in [0.15, 0.2) is 30.3 Å². The van der Waals surface area contributed by atoms with E-state index in [0.29, 0.717) is 0 Å². The van der Waals surface area contributed by atoms with E-state index in [1.165, 1.54) is 12.1 Å². The minimum absolute atomic E-state index is 0.167. The predicted octanol–water partition coefficient (Wildman–Crippen LogP) is 2.10. The van der Waals surface area contributed by atoms with Gasteiger partial charge in [0.05, 0.1) is 0 Å². The van der Waals surface area contributed by atoms with Crippen LogP contribution in [0, 0.1) is 0 Å². The van der Waals surface area contributed by atoms with Crippen molar-refractivity contribution in [3.05, 3.63) is 30.3 Å². The highest BCUT2D eigenvalue weighted by Gasteiger charge is 2.14. The first-order valence-corrected chi connectivity index (χ1v) is 4.49. The molecule has 0 radical (unpaired) electrons. The van der Waals surface area contributed by atoms with Crippen molar-refractivity contribution in [1.82, 2.24) is 0 Å². The third kappa shape index (κ3) is 3.16. The van der Waals surface area contributed by atoms with Crippen LogP contribution in [0.5, 0.6) is 5.75 Å². The third-order valence-electron chi connectivity index (χ3n) is 0.973. The van der Waals surface area contributed by atoms with Gasteiger partial charge in [-0.3, -0.25) is 0 Å². The molecule has 0 spiro atoms. The number of rotatable bonds is 2. The maximum Gasteiger partial charge on any atom is 0.493 e. The van der Waals surface area contributed by atoms with Gasteiger partial charge in [-0.2, -0.15) is 0 Å². The fourth-order valence-electron chi connectivity index (χ4n) is 0.625. The van der Waals surface area contributed by atoms with E-state index in [1.54, 1.807) is 18.2 Å². The molecule has 0 heterocycles. The topological polar surface area (TPSA) is 52.3 Å². The molecule has 0 amide bonds. The van der Waals surface area contributed by atoms with Crippen LogP contribution in [0.25, 0.3) is 0 Å². The molecule has 0 aromatic heterocycles. The number of benzene rings is 1. The summed E-state index contributed by atoms with van der Waals surface area (Å²) in [5.41, 5.74) is 4.53. The summed E-state index contributed by atoms with van der Waals surface area (Å²) >= 11 is 0. The summed E-state index contributed by atoms with van der Waals surface area (Å²) in [6.07, 6.45) is 0. The zero-order valence-corrected chi connectivity index (χ0v) is 6.50. The normalized spacial score (nSPS) is 15.5. The number of para-hydroxylation sites is 1. The molecule has 0 aliphatic heterocycles. The molecular formula is C6H7FNO2P. The highest BCUT2D eigenvalue weighted by molar-refractivity contribution is 7.51. The molecular weight excluding hydrogens is 168 g/mol. The Labute approximate surface area is 63.6 Å². The Bertz CT molecular complexity index is 271. The van der Waals surface area contributed by atoms with E-state index in [1.807, 2.05) is 0 Å². The summed E-state index contributed by atoms with van der Waals surface area (Å²) in [7, 11) is -4.39. The molecule has 0 aliphatic carbocycles. The van der Waals surface area contributed by atoms with Crippen LogP contribution in [-0.2, 0) is 4.57 Å². The largest absolute Gasteiger partial charge is 0.493 e. The van der Waals surface area contributed by atoms with Gasteiger partial charge < -0.3 is 4.52 Å². The van der Waals surface area contributed by atoms with Crippen LogP contribution in [0.1, 0.15) is 0 Å². The molecule has 0 fully saturated rings. The van der Waals surface area contributed by atoms with Crippen LogP contribution in [0.3, 0.4) is 0 Å². The molecule has 1 atom stereocenters. The van der Waals surface area contributed by atoms with Crippen molar-refractivity contribution >= 4 is 7.83 Å². The molecule has 1 aromatic carbocycles. The minimum Gasteiger partial charge on any atom is -0.410 e. The first kappa shape index (κ1) is 8.24. The van der Waals surface area contributed by atoms with Gasteiger partial charge in [-0.1, -0.05) is 18.2 Å². The van der Waals surface area contributed by atoms with Gasteiger partial charge in [0.2, 0.25) is 0 Å². The average molecular weight is 175 g/mol. The Balaban J connectivity index is 2.74. The molecule has 5 heteroatoms. The monoisotopic (exact) mass is 175 g/mol. The van der Waals surface area contributed by atoms with E-state index in [2.05, 4.69) is 10.0 Å². The van der Waals surface area contributed by atoms with Gasteiger partial charge in [0.25, 0.3) is 0 Å². The van der Waals surface area contributed by atoms with Crippen molar-refractivity contribution in [3.63, 3.8) is 0 Å². The standard InChI is InChI=1S/C6H7FNO2P/c7-11(8,9)10-6-4-2-1-3-5-6/h1-5H,(H2,8,9). The third-order valence-corrected chi connectivity index (χ3v) is 1.43. The van der Waals surface area contributed by atoms with Crippen molar-refractivity contribution < 1.29 is 13.3 Å². The van der Waals surface area contributed by atoms with Gasteiger partial charge in [0, 0.05) is 0 Å². The van der Waals surface area contributed by atoms with Gasteiger partial charge >= 0.3 is 7.83 Å². The van der Waals surface area contributed by atoms with Crippen LogP contribution < -0.4 is 10.0 Å². The van der Waals surface area contributed by atoms with Crippen molar-refractivity contribution in [1.29, 1.82) is 0 Å². The number of nitrogens with two attached hydrogens (primary N) is 1. The minimum atomic E-state index is -4.39. The smallest absolute Gasteiger partial charge is 0.410 e. The lowest BCUT2D eigenvalue weighted by atomic mass is 10.3. The Kier molecular flexibility index (Phi) is 2.27. The van der Waals surface area contributed by atoms with Crippen LogP contribution in [-0.4, -0.2) is 0 Å². The molecule has 0 bridgehead atoms. The van der Waals surface area contributed by atoms with Gasteiger partial charge in [0.1, 0.15) is 5.75 Å². The number of halogens is 1. The first-order chi connectivity index (χ1) is 5.08. The van der Waals surface area contributed by atoms with Crippen LogP contribution in [0.2, 0.25) is 0 Å². The van der Waals surface area contributed by atoms with E-state index in [4.69, 9.17) is 0 Å². The van der Waals surface area contributed by atoms with Gasteiger partial charge in [0.15, 0.2) is 0 Å². The van der Waals surface area contributed by atoms with Gasteiger partial charge in [-0.15, -0.1) is 4.20 Å². The fraction of sp³-hybridized carbons (Fsp3) is 0. The second-order valence-electron chi connectivity index (χ2n) is 1.93.